The number of unbranched alkanes of at least 4 members (excludes halogenated alkanes) is 3. The van der Waals surface area contributed by atoms with E-state index in [4.69, 9.17) is 5.73 Å². The minimum atomic E-state index is -2.28. The van der Waals surface area contributed by atoms with Gasteiger partial charge in [-0.3, -0.25) is 0 Å². The summed E-state index contributed by atoms with van der Waals surface area (Å²) in [4.78, 5) is 0. The summed E-state index contributed by atoms with van der Waals surface area (Å²) in [5, 5.41) is 0. The molecule has 26 heavy (non-hydrogen) atoms. The molecule has 1 aromatic rings. The molecule has 1 aromatic carbocycles. The van der Waals surface area contributed by atoms with Gasteiger partial charge in [0, 0.05) is 0 Å². The zero-order chi connectivity index (χ0) is 19.5. The SMILES string of the molecule is CCC[CH2][Sn]([CH2]CCC)([CH2]CCC)[c]1ccc(C(CC)(CC)CN)cc1. The zero-order valence-corrected chi connectivity index (χ0v) is 21.2. The standard InChI is InChI=1S/C12H18N.3C4H9.Sn/c1-3-12(4-2,10-13)11-8-6-5-7-9-11;3*1-3-4-2;/h6-9H,3-4,10,13H2,1-2H3;3*1,3-4H2,2H3;. The Balaban J connectivity index is 3.22. The molecule has 0 radical (unpaired) electrons. The van der Waals surface area contributed by atoms with Crippen LogP contribution in [0.25, 0.3) is 0 Å². The molecule has 150 valence electrons. The minimum absolute atomic E-state index is 0.174. The molecule has 0 atom stereocenters. The fourth-order valence-corrected chi connectivity index (χ4v) is 20.5. The molecule has 0 aromatic heterocycles. The Morgan fingerprint density at radius 3 is 1.46 bits per heavy atom. The van der Waals surface area contributed by atoms with E-state index in [9.17, 15) is 0 Å². The first-order valence-electron chi connectivity index (χ1n) is 11.4. The van der Waals surface area contributed by atoms with Crippen LogP contribution < -0.4 is 9.31 Å². The first-order valence-corrected chi connectivity index (χ1v) is 18.9. The molecule has 0 aliphatic rings. The average Bonchev–Trinajstić information content (AvgIpc) is 2.70. The van der Waals surface area contributed by atoms with Gasteiger partial charge >= 0.3 is 169 Å². The quantitative estimate of drug-likeness (QED) is 0.301. The summed E-state index contributed by atoms with van der Waals surface area (Å²) < 4.78 is 6.44. The van der Waals surface area contributed by atoms with Gasteiger partial charge in [0.05, 0.1) is 0 Å². The van der Waals surface area contributed by atoms with Gasteiger partial charge in [-0.15, -0.1) is 0 Å². The first kappa shape index (κ1) is 24.0. The first-order chi connectivity index (χ1) is 12.6. The van der Waals surface area contributed by atoms with E-state index in [1.54, 1.807) is 16.9 Å². The Morgan fingerprint density at radius 1 is 0.731 bits per heavy atom. The van der Waals surface area contributed by atoms with Crippen LogP contribution in [0.4, 0.5) is 0 Å². The Kier molecular flexibility index (Phi) is 11.5. The second-order valence-corrected chi connectivity index (χ2v) is 21.6. The van der Waals surface area contributed by atoms with Crippen LogP contribution in [-0.2, 0) is 5.41 Å². The van der Waals surface area contributed by atoms with Crippen molar-refractivity contribution >= 4 is 22.0 Å². The van der Waals surface area contributed by atoms with Gasteiger partial charge in [0.25, 0.3) is 0 Å². The summed E-state index contributed by atoms with van der Waals surface area (Å²) in [5.74, 6) is 0. The molecule has 0 fully saturated rings. The van der Waals surface area contributed by atoms with Gasteiger partial charge in [-0.25, -0.2) is 0 Å². The summed E-state index contributed by atoms with van der Waals surface area (Å²) in [5.41, 5.74) is 7.84. The molecule has 0 saturated carbocycles. The second kappa shape index (κ2) is 12.4. The topological polar surface area (TPSA) is 26.0 Å². The third-order valence-electron chi connectivity index (χ3n) is 6.88. The molecule has 2 heteroatoms. The Hall–Kier alpha value is -0.0213. The predicted octanol–water partition coefficient (Wildman–Crippen LogP) is 6.76. The van der Waals surface area contributed by atoms with Crippen LogP contribution in [-0.4, -0.2) is 24.9 Å². The molecule has 0 aliphatic heterocycles. The van der Waals surface area contributed by atoms with Gasteiger partial charge < -0.3 is 0 Å². The Morgan fingerprint density at radius 2 is 1.15 bits per heavy atom. The maximum absolute atomic E-state index is 6.19. The van der Waals surface area contributed by atoms with Crippen LogP contribution in [0.1, 0.15) is 91.5 Å². The van der Waals surface area contributed by atoms with Crippen molar-refractivity contribution < 1.29 is 0 Å². The van der Waals surface area contributed by atoms with Crippen molar-refractivity contribution in [3.63, 3.8) is 0 Å². The predicted molar refractivity (Wildman–Crippen MR) is 122 cm³/mol. The molecule has 0 unspecified atom stereocenters. The molecule has 1 rings (SSSR count). The van der Waals surface area contributed by atoms with Crippen molar-refractivity contribution in [2.24, 2.45) is 5.73 Å². The van der Waals surface area contributed by atoms with Crippen LogP contribution in [0.2, 0.25) is 13.3 Å². The fourth-order valence-electron chi connectivity index (χ4n) is 4.60. The molecule has 1 nitrogen and oxygen atoms in total. The van der Waals surface area contributed by atoms with E-state index in [1.807, 2.05) is 0 Å². The van der Waals surface area contributed by atoms with Crippen LogP contribution in [0.3, 0.4) is 0 Å². The molecular formula is C24H45NSn. The van der Waals surface area contributed by atoms with Crippen LogP contribution in [0, 0.1) is 0 Å². The molecule has 0 spiro atoms. The van der Waals surface area contributed by atoms with E-state index < -0.39 is 18.4 Å². The van der Waals surface area contributed by atoms with Gasteiger partial charge in [-0.1, -0.05) is 0 Å². The molecular weight excluding hydrogens is 421 g/mol. The van der Waals surface area contributed by atoms with Gasteiger partial charge in [-0.05, 0) is 0 Å². The van der Waals surface area contributed by atoms with Crippen LogP contribution in [0.15, 0.2) is 24.3 Å². The van der Waals surface area contributed by atoms with E-state index in [2.05, 4.69) is 58.9 Å². The summed E-state index contributed by atoms with van der Waals surface area (Å²) >= 11 is -2.28. The normalized spacial score (nSPS) is 12.5. The Labute approximate surface area is 168 Å². The van der Waals surface area contributed by atoms with Crippen molar-refractivity contribution in [2.75, 3.05) is 6.54 Å². The van der Waals surface area contributed by atoms with E-state index in [0.717, 1.165) is 19.4 Å². The number of benzene rings is 1. The van der Waals surface area contributed by atoms with E-state index in [0.29, 0.717) is 0 Å². The maximum atomic E-state index is 6.19. The van der Waals surface area contributed by atoms with Gasteiger partial charge in [0.1, 0.15) is 0 Å². The van der Waals surface area contributed by atoms with Crippen molar-refractivity contribution in [1.29, 1.82) is 0 Å². The molecule has 0 heterocycles. The monoisotopic (exact) mass is 467 g/mol. The fraction of sp³-hybridized carbons (Fsp3) is 0.750. The summed E-state index contributed by atoms with van der Waals surface area (Å²) in [6.45, 7) is 12.4. The molecule has 2 N–H and O–H groups in total. The van der Waals surface area contributed by atoms with Gasteiger partial charge in [0.15, 0.2) is 0 Å². The zero-order valence-electron chi connectivity index (χ0n) is 18.4. The number of hydrogen-bond donors (Lipinski definition) is 1. The van der Waals surface area contributed by atoms with Crippen molar-refractivity contribution in [1.82, 2.24) is 0 Å². The molecule has 0 aliphatic carbocycles. The third-order valence-corrected chi connectivity index (χ3v) is 22.5. The van der Waals surface area contributed by atoms with Gasteiger partial charge in [0.2, 0.25) is 0 Å². The van der Waals surface area contributed by atoms with Crippen molar-refractivity contribution in [2.45, 2.75) is 105 Å². The number of rotatable bonds is 14. The van der Waals surface area contributed by atoms with E-state index in [-0.39, 0.29) is 5.41 Å². The van der Waals surface area contributed by atoms with Gasteiger partial charge in [-0.2, -0.15) is 0 Å². The third kappa shape index (κ3) is 5.99. The van der Waals surface area contributed by atoms with Crippen LogP contribution in [0.5, 0.6) is 0 Å². The van der Waals surface area contributed by atoms with E-state index in [1.165, 1.54) is 44.1 Å². The molecule has 0 amide bonds. The Bertz CT molecular complexity index is 445. The second-order valence-electron chi connectivity index (χ2n) is 8.36. The van der Waals surface area contributed by atoms with Crippen LogP contribution >= 0.6 is 0 Å². The number of nitrogens with two attached hydrogens (primary N) is 1. The average molecular weight is 466 g/mol. The van der Waals surface area contributed by atoms with E-state index >= 15 is 0 Å². The summed E-state index contributed by atoms with van der Waals surface area (Å²) in [6, 6.07) is 9.99. The molecule has 0 saturated heterocycles. The molecule has 0 bridgehead atoms. The van der Waals surface area contributed by atoms with Crippen molar-refractivity contribution in [3.05, 3.63) is 29.8 Å². The number of hydrogen-bond acceptors (Lipinski definition) is 1. The van der Waals surface area contributed by atoms with Crippen molar-refractivity contribution in [3.8, 4) is 0 Å². The summed E-state index contributed by atoms with van der Waals surface area (Å²) in [7, 11) is 0. The summed E-state index contributed by atoms with van der Waals surface area (Å²) in [6.07, 6.45) is 10.6.